The van der Waals surface area contributed by atoms with Crippen molar-refractivity contribution < 1.29 is 18.3 Å². The summed E-state index contributed by atoms with van der Waals surface area (Å²) in [5, 5.41) is 0. The molecule has 0 N–H and O–H groups in total. The molecular formula is C21H21BrTi. The van der Waals surface area contributed by atoms with Gasteiger partial charge >= 0.3 is 31.5 Å². The molecule has 0 bridgehead atoms. The van der Waals surface area contributed by atoms with E-state index in [2.05, 4.69) is 33.9 Å². The summed E-state index contributed by atoms with van der Waals surface area (Å²) in [5.41, 5.74) is 3.22. The molecule has 3 rings (SSSR count). The molecule has 3 aromatic carbocycles. The van der Waals surface area contributed by atoms with Crippen molar-refractivity contribution in [1.29, 1.82) is 0 Å². The third-order valence-corrected chi connectivity index (χ3v) is 2.53. The molecule has 0 saturated heterocycles. The summed E-state index contributed by atoms with van der Waals surface area (Å²) < 4.78 is 0. The van der Waals surface area contributed by atoms with Gasteiger partial charge in [-0.15, -0.1) is 36.4 Å². The molecule has 0 aliphatic carbocycles. The van der Waals surface area contributed by atoms with Gasteiger partial charge in [0.1, 0.15) is 0 Å². The number of rotatable bonds is 0. The van der Waals surface area contributed by atoms with E-state index in [0.29, 0.717) is 0 Å². The van der Waals surface area contributed by atoms with E-state index < -0.39 is 0 Å². The molecular weight excluding hydrogens is 380 g/mol. The predicted molar refractivity (Wildman–Crippen MR) is 102 cm³/mol. The van der Waals surface area contributed by atoms with Crippen LogP contribution in [0.25, 0.3) is 0 Å². The van der Waals surface area contributed by atoms with Crippen LogP contribution in [0, 0.1) is 20.8 Å². The van der Waals surface area contributed by atoms with Crippen molar-refractivity contribution in [2.24, 2.45) is 0 Å². The van der Waals surface area contributed by atoms with E-state index in [9.17, 15) is 0 Å². The van der Waals surface area contributed by atoms with Gasteiger partial charge in [-0.1, -0.05) is 18.2 Å². The van der Waals surface area contributed by atoms with Gasteiger partial charge in [0, 0.05) is 0 Å². The van der Waals surface area contributed by atoms with Crippen LogP contribution in [-0.2, 0) is 18.3 Å². The van der Waals surface area contributed by atoms with Crippen LogP contribution in [0.3, 0.4) is 0 Å². The molecule has 3 aromatic rings. The molecule has 0 unspecified atom stereocenters. The van der Waals surface area contributed by atoms with Crippen molar-refractivity contribution in [1.82, 2.24) is 0 Å². The van der Waals surface area contributed by atoms with Crippen LogP contribution in [0.5, 0.6) is 0 Å². The normalized spacial score (nSPS) is 8.13. The third-order valence-electron chi connectivity index (χ3n) is 2.53. The summed E-state index contributed by atoms with van der Waals surface area (Å²) in [6.07, 6.45) is 0. The van der Waals surface area contributed by atoms with Crippen molar-refractivity contribution >= 4 is 13.2 Å². The Hall–Kier alpha value is -1.54. The van der Waals surface area contributed by atoms with Crippen LogP contribution < -0.4 is 0 Å². The fourth-order valence-electron chi connectivity index (χ4n) is 1.43. The zero-order valence-electron chi connectivity index (χ0n) is 13.2. The standard InChI is InChI=1S/3C7H7.BrH.Ti/c3*1-7-5-3-2-4-6-7;;/h3*2-6H,1H2;1H;/q3*-1;;+4/p-1. The van der Waals surface area contributed by atoms with Gasteiger partial charge in [0.15, 0.2) is 0 Å². The van der Waals surface area contributed by atoms with E-state index >= 15 is 0 Å². The molecule has 0 amide bonds. The van der Waals surface area contributed by atoms with Crippen LogP contribution in [0.15, 0.2) is 91.0 Å². The first-order chi connectivity index (χ1) is 11.2. The first kappa shape index (κ1) is 21.5. The fraction of sp³-hybridized carbons (Fsp3) is 0. The first-order valence-corrected chi connectivity index (χ1v) is 10.8. The Kier molecular flexibility index (Phi) is 14.3. The maximum atomic E-state index is 3.72. The Bertz CT molecular complexity index is 491. The molecule has 0 spiro atoms. The maximum absolute atomic E-state index is 3.72. The summed E-state index contributed by atoms with van der Waals surface area (Å²) >= 11 is 4.75. The molecule has 0 fully saturated rings. The zero-order valence-corrected chi connectivity index (χ0v) is 16.3. The second kappa shape index (κ2) is 15.4. The predicted octanol–water partition coefficient (Wildman–Crippen LogP) is 6.45. The van der Waals surface area contributed by atoms with Gasteiger partial charge in [-0.2, -0.15) is 73.9 Å². The quantitative estimate of drug-likeness (QED) is 0.300. The molecule has 0 saturated carbocycles. The van der Waals surface area contributed by atoms with Gasteiger partial charge in [-0.3, -0.25) is 0 Å². The van der Waals surface area contributed by atoms with E-state index in [1.165, 1.54) is 0 Å². The van der Waals surface area contributed by atoms with E-state index in [-0.39, 0.29) is 0 Å². The van der Waals surface area contributed by atoms with Crippen LogP contribution in [0.2, 0.25) is 0 Å². The minimum atomic E-state index is 1.07. The topological polar surface area (TPSA) is 0 Å². The average molecular weight is 401 g/mol. The molecule has 0 heterocycles. The summed E-state index contributed by atoms with van der Waals surface area (Å²) in [6, 6.07) is 29.6. The Morgan fingerprint density at radius 1 is 0.435 bits per heavy atom. The Morgan fingerprint density at radius 2 is 0.609 bits per heavy atom. The minimum absolute atomic E-state index is 1.07. The number of benzene rings is 3. The molecule has 0 aliphatic rings. The van der Waals surface area contributed by atoms with Crippen LogP contribution >= 0.6 is 13.2 Å². The van der Waals surface area contributed by atoms with Crippen molar-refractivity contribution in [3.8, 4) is 0 Å². The van der Waals surface area contributed by atoms with Gasteiger partial charge in [0.05, 0.1) is 0 Å². The molecule has 0 atom stereocenters. The van der Waals surface area contributed by atoms with Crippen LogP contribution in [-0.4, -0.2) is 0 Å². The van der Waals surface area contributed by atoms with Gasteiger partial charge in [0.25, 0.3) is 0 Å². The first-order valence-electron chi connectivity index (χ1n) is 6.98. The van der Waals surface area contributed by atoms with Crippen LogP contribution in [0.4, 0.5) is 0 Å². The van der Waals surface area contributed by atoms with Crippen molar-refractivity contribution in [2.75, 3.05) is 0 Å². The second-order valence-electron chi connectivity index (χ2n) is 4.46. The average Bonchev–Trinajstić information content (AvgIpc) is 2.60. The second-order valence-corrected chi connectivity index (χ2v) is 4.46. The summed E-state index contributed by atoms with van der Waals surface area (Å²) in [6.45, 7) is 11.2. The number of hydrogen-bond acceptors (Lipinski definition) is 0. The molecule has 23 heavy (non-hydrogen) atoms. The van der Waals surface area contributed by atoms with E-state index in [4.69, 9.17) is 0 Å². The monoisotopic (exact) mass is 400 g/mol. The van der Waals surface area contributed by atoms with Gasteiger partial charge < -0.3 is 0 Å². The molecule has 2 heteroatoms. The molecule has 0 radical (unpaired) electrons. The van der Waals surface area contributed by atoms with E-state index in [1.807, 2.05) is 109 Å². The summed E-state index contributed by atoms with van der Waals surface area (Å²) in [4.78, 5) is 0. The summed E-state index contributed by atoms with van der Waals surface area (Å²) in [7, 11) is 0. The Balaban J connectivity index is 0.000000299. The fourth-order valence-corrected chi connectivity index (χ4v) is 1.43. The zero-order chi connectivity index (χ0) is 17.3. The van der Waals surface area contributed by atoms with Gasteiger partial charge in [0.2, 0.25) is 0 Å². The number of halogens is 1. The molecule has 0 nitrogen and oxygen atoms in total. The van der Waals surface area contributed by atoms with Gasteiger partial charge in [-0.25, -0.2) is 0 Å². The van der Waals surface area contributed by atoms with Crippen molar-refractivity contribution in [3.63, 3.8) is 0 Å². The molecule has 0 aliphatic heterocycles. The van der Waals surface area contributed by atoms with Crippen molar-refractivity contribution in [3.05, 3.63) is 128 Å². The Labute approximate surface area is 159 Å². The molecule has 0 aromatic heterocycles. The summed E-state index contributed by atoms with van der Waals surface area (Å²) in [5.74, 6) is 0. The van der Waals surface area contributed by atoms with Crippen LogP contribution in [0.1, 0.15) is 16.7 Å². The van der Waals surface area contributed by atoms with Crippen molar-refractivity contribution in [2.45, 2.75) is 0 Å². The number of hydrogen-bond donors (Lipinski definition) is 0. The van der Waals surface area contributed by atoms with E-state index in [1.54, 1.807) is 0 Å². The van der Waals surface area contributed by atoms with E-state index in [0.717, 1.165) is 16.7 Å². The van der Waals surface area contributed by atoms with Gasteiger partial charge in [-0.05, 0) is 0 Å². The third kappa shape index (κ3) is 13.8. The Morgan fingerprint density at radius 3 is 0.696 bits per heavy atom. The molecule has 116 valence electrons. The SMILES string of the molecule is [CH2-]c1ccccc1.[CH2-]c1ccccc1.[CH2-]c1ccccc1.[Ti+3][Br].